The van der Waals surface area contributed by atoms with Gasteiger partial charge in [-0.25, -0.2) is 0 Å². The van der Waals surface area contributed by atoms with Crippen LogP contribution in [0.1, 0.15) is 19.8 Å². The number of likely N-dealkylation sites (tertiary alicyclic amines) is 1. The summed E-state index contributed by atoms with van der Waals surface area (Å²) < 4.78 is 0. The van der Waals surface area contributed by atoms with Gasteiger partial charge in [0.15, 0.2) is 0 Å². The highest BCUT2D eigenvalue weighted by Crippen LogP contribution is 2.35. The summed E-state index contributed by atoms with van der Waals surface area (Å²) in [5.74, 6) is 0. The van der Waals surface area contributed by atoms with Crippen molar-refractivity contribution in [2.24, 2.45) is 11.1 Å². The van der Waals surface area contributed by atoms with Gasteiger partial charge in [-0.15, -0.1) is 0 Å². The van der Waals surface area contributed by atoms with Crippen molar-refractivity contribution in [1.29, 1.82) is 0 Å². The highest BCUT2D eigenvalue weighted by atomic mass is 15.1. The van der Waals surface area contributed by atoms with Crippen LogP contribution >= 0.6 is 0 Å². The third kappa shape index (κ3) is 1.60. The lowest BCUT2D eigenvalue weighted by Gasteiger charge is -2.41. The molecule has 2 saturated heterocycles. The van der Waals surface area contributed by atoms with Crippen LogP contribution in [0.5, 0.6) is 0 Å². The maximum Gasteiger partial charge on any atom is 0.0235 e. The average molecular weight is 183 g/mol. The minimum absolute atomic E-state index is 0.395. The first-order valence-corrected chi connectivity index (χ1v) is 5.45. The predicted octanol–water partition coefficient (Wildman–Crippen LogP) is 0.0190. The summed E-state index contributed by atoms with van der Waals surface area (Å²) in [7, 11) is 0. The summed E-state index contributed by atoms with van der Waals surface area (Å²) in [6.45, 7) is 8.08. The fourth-order valence-electron chi connectivity index (χ4n) is 2.69. The van der Waals surface area contributed by atoms with Gasteiger partial charge in [-0.2, -0.15) is 0 Å². The molecule has 0 bridgehead atoms. The molecule has 0 amide bonds. The van der Waals surface area contributed by atoms with Gasteiger partial charge < -0.3 is 16.0 Å². The van der Waals surface area contributed by atoms with Crippen LogP contribution in [-0.4, -0.2) is 43.7 Å². The fraction of sp³-hybridized carbons (Fsp3) is 1.00. The van der Waals surface area contributed by atoms with Crippen LogP contribution in [0.2, 0.25) is 0 Å². The Morgan fingerprint density at radius 1 is 1.46 bits per heavy atom. The first-order chi connectivity index (χ1) is 6.27. The second-order valence-electron chi connectivity index (χ2n) is 4.53. The minimum atomic E-state index is 0.395. The molecule has 3 nitrogen and oxygen atoms in total. The lowest BCUT2D eigenvalue weighted by Crippen LogP contribution is -2.49. The van der Waals surface area contributed by atoms with Crippen molar-refractivity contribution in [3.8, 4) is 0 Å². The molecule has 1 unspecified atom stereocenters. The Kier molecular flexibility index (Phi) is 2.58. The Balaban J connectivity index is 1.95. The van der Waals surface area contributed by atoms with Gasteiger partial charge in [0.2, 0.25) is 0 Å². The van der Waals surface area contributed by atoms with Crippen molar-refractivity contribution in [1.82, 2.24) is 10.2 Å². The van der Waals surface area contributed by atoms with Gasteiger partial charge in [0.1, 0.15) is 0 Å². The Morgan fingerprint density at radius 2 is 2.15 bits per heavy atom. The van der Waals surface area contributed by atoms with E-state index < -0.39 is 0 Å². The largest absolute Gasteiger partial charge is 0.326 e. The zero-order valence-corrected chi connectivity index (χ0v) is 8.55. The molecule has 2 aliphatic rings. The maximum absolute atomic E-state index is 6.15. The van der Waals surface area contributed by atoms with E-state index in [1.165, 1.54) is 32.5 Å². The lowest BCUT2D eigenvalue weighted by atomic mass is 9.75. The first-order valence-electron chi connectivity index (χ1n) is 5.45. The number of nitrogens with one attached hydrogen (secondary N) is 1. The van der Waals surface area contributed by atoms with Crippen molar-refractivity contribution < 1.29 is 0 Å². The Morgan fingerprint density at radius 3 is 2.62 bits per heavy atom. The van der Waals surface area contributed by atoms with E-state index in [1.807, 2.05) is 0 Å². The van der Waals surface area contributed by atoms with Crippen molar-refractivity contribution >= 4 is 0 Å². The molecule has 2 fully saturated rings. The Labute approximate surface area is 80.7 Å². The third-order valence-electron chi connectivity index (χ3n) is 3.93. The molecule has 2 aliphatic heterocycles. The van der Waals surface area contributed by atoms with Crippen molar-refractivity contribution in [2.45, 2.75) is 25.8 Å². The number of hydrogen-bond donors (Lipinski definition) is 2. The summed E-state index contributed by atoms with van der Waals surface area (Å²) >= 11 is 0. The molecule has 0 saturated carbocycles. The summed E-state index contributed by atoms with van der Waals surface area (Å²) in [5.41, 5.74) is 6.59. The van der Waals surface area contributed by atoms with E-state index in [2.05, 4.69) is 17.1 Å². The second-order valence-corrected chi connectivity index (χ2v) is 4.53. The average Bonchev–Trinajstić information content (AvgIpc) is 2.50. The summed E-state index contributed by atoms with van der Waals surface area (Å²) in [6, 6.07) is 0.395. The highest BCUT2D eigenvalue weighted by molar-refractivity contribution is 5.00. The Bertz CT molecular complexity index is 173. The van der Waals surface area contributed by atoms with E-state index in [0.717, 1.165) is 13.1 Å². The van der Waals surface area contributed by atoms with Gasteiger partial charge in [0.25, 0.3) is 0 Å². The quantitative estimate of drug-likeness (QED) is 0.602. The number of piperidine rings is 1. The van der Waals surface area contributed by atoms with E-state index >= 15 is 0 Å². The van der Waals surface area contributed by atoms with Crippen LogP contribution in [0.15, 0.2) is 0 Å². The molecule has 1 spiro atoms. The van der Waals surface area contributed by atoms with E-state index in [4.69, 9.17) is 5.73 Å². The molecule has 3 N–H and O–H groups in total. The molecule has 0 aliphatic carbocycles. The standard InChI is InChI=1S/C10H21N3/c1-2-13-5-3-10(4-6-13)8-12-7-9(10)11/h9,12H,2-8,11H2,1H3. The van der Waals surface area contributed by atoms with E-state index in [1.54, 1.807) is 0 Å². The van der Waals surface area contributed by atoms with Crippen molar-refractivity contribution in [3.05, 3.63) is 0 Å². The zero-order chi connectivity index (χ0) is 9.31. The van der Waals surface area contributed by atoms with Gasteiger partial charge in [-0.05, 0) is 32.5 Å². The van der Waals surface area contributed by atoms with E-state index in [-0.39, 0.29) is 0 Å². The SMILES string of the molecule is CCN1CCC2(CC1)CNCC2N. The van der Waals surface area contributed by atoms with E-state index in [9.17, 15) is 0 Å². The molecule has 0 aromatic carbocycles. The minimum Gasteiger partial charge on any atom is -0.326 e. The van der Waals surface area contributed by atoms with Crippen LogP contribution < -0.4 is 11.1 Å². The third-order valence-corrected chi connectivity index (χ3v) is 3.93. The molecule has 2 heterocycles. The molecule has 3 heteroatoms. The Hall–Kier alpha value is -0.120. The predicted molar refractivity (Wildman–Crippen MR) is 54.6 cm³/mol. The number of hydrogen-bond acceptors (Lipinski definition) is 3. The molecule has 13 heavy (non-hydrogen) atoms. The molecule has 0 aromatic rings. The zero-order valence-electron chi connectivity index (χ0n) is 8.55. The topological polar surface area (TPSA) is 41.3 Å². The normalized spacial score (nSPS) is 34.2. The first kappa shape index (κ1) is 9.44. The van der Waals surface area contributed by atoms with E-state index in [0.29, 0.717) is 11.5 Å². The van der Waals surface area contributed by atoms with Crippen LogP contribution in [0.25, 0.3) is 0 Å². The highest BCUT2D eigenvalue weighted by Gasteiger charge is 2.42. The fourth-order valence-corrected chi connectivity index (χ4v) is 2.69. The van der Waals surface area contributed by atoms with Gasteiger partial charge in [-0.1, -0.05) is 6.92 Å². The molecule has 1 atom stereocenters. The summed E-state index contributed by atoms with van der Waals surface area (Å²) in [6.07, 6.45) is 2.57. The maximum atomic E-state index is 6.15. The lowest BCUT2D eigenvalue weighted by molar-refractivity contribution is 0.111. The van der Waals surface area contributed by atoms with Crippen LogP contribution in [-0.2, 0) is 0 Å². The van der Waals surface area contributed by atoms with Gasteiger partial charge in [0.05, 0.1) is 0 Å². The summed E-state index contributed by atoms with van der Waals surface area (Å²) in [4.78, 5) is 2.52. The van der Waals surface area contributed by atoms with Crippen LogP contribution in [0.4, 0.5) is 0 Å². The molecule has 2 rings (SSSR count). The number of rotatable bonds is 1. The molecule has 0 aromatic heterocycles. The number of nitrogens with two attached hydrogens (primary N) is 1. The molecule has 76 valence electrons. The van der Waals surface area contributed by atoms with Gasteiger partial charge >= 0.3 is 0 Å². The van der Waals surface area contributed by atoms with Gasteiger partial charge in [0, 0.05) is 24.5 Å². The molecule has 0 radical (unpaired) electrons. The van der Waals surface area contributed by atoms with Crippen LogP contribution in [0.3, 0.4) is 0 Å². The van der Waals surface area contributed by atoms with Crippen LogP contribution in [0, 0.1) is 5.41 Å². The number of nitrogens with zero attached hydrogens (tertiary/aromatic N) is 1. The summed E-state index contributed by atoms with van der Waals surface area (Å²) in [5, 5.41) is 3.42. The van der Waals surface area contributed by atoms with Crippen molar-refractivity contribution in [2.75, 3.05) is 32.7 Å². The monoisotopic (exact) mass is 183 g/mol. The smallest absolute Gasteiger partial charge is 0.0235 e. The second kappa shape index (κ2) is 3.56. The van der Waals surface area contributed by atoms with Crippen molar-refractivity contribution in [3.63, 3.8) is 0 Å². The molecular weight excluding hydrogens is 162 g/mol. The molecular formula is C10H21N3. The van der Waals surface area contributed by atoms with Gasteiger partial charge in [-0.3, -0.25) is 0 Å².